The van der Waals surface area contributed by atoms with E-state index in [1.54, 1.807) is 6.07 Å². The molecule has 0 unspecified atom stereocenters. The minimum atomic E-state index is -4.47. The number of benzene rings is 1. The number of hydrogen-bond acceptors (Lipinski definition) is 3. The number of hydrogen-bond donors (Lipinski definition) is 1. The van der Waals surface area contributed by atoms with Crippen molar-refractivity contribution < 1.29 is 18.1 Å². The van der Waals surface area contributed by atoms with Gasteiger partial charge in [-0.3, -0.25) is 10.1 Å². The normalized spacial score (nSPS) is 13.4. The number of nitro groups is 1. The number of alkyl halides is 3. The molecule has 1 rings (SSSR count). The van der Waals surface area contributed by atoms with Gasteiger partial charge < -0.3 is 5.73 Å². The molecule has 94 valence electrons. The van der Waals surface area contributed by atoms with E-state index in [2.05, 4.69) is 0 Å². The lowest BCUT2D eigenvalue weighted by molar-refractivity contribution is -0.385. The van der Waals surface area contributed by atoms with Gasteiger partial charge >= 0.3 is 6.18 Å². The molecular formula is C10H11F3N2O2. The number of halogens is 3. The lowest BCUT2D eigenvalue weighted by Gasteiger charge is -2.15. The molecule has 0 spiro atoms. The second kappa shape index (κ2) is 5.13. The summed E-state index contributed by atoms with van der Waals surface area (Å²) >= 11 is 0. The molecule has 0 heterocycles. The Morgan fingerprint density at radius 3 is 2.47 bits per heavy atom. The third-order valence-electron chi connectivity index (χ3n) is 2.33. The van der Waals surface area contributed by atoms with Crippen molar-refractivity contribution in [3.05, 3.63) is 39.9 Å². The minimum absolute atomic E-state index is 0.0716. The molecule has 1 aromatic rings. The molecular weight excluding hydrogens is 237 g/mol. The molecule has 0 fully saturated rings. The van der Waals surface area contributed by atoms with Gasteiger partial charge in [0, 0.05) is 11.6 Å². The smallest absolute Gasteiger partial charge is 0.320 e. The van der Waals surface area contributed by atoms with E-state index in [4.69, 9.17) is 5.73 Å². The number of nitrogens with two attached hydrogens (primary N) is 1. The highest BCUT2D eigenvalue weighted by atomic mass is 19.4. The van der Waals surface area contributed by atoms with Gasteiger partial charge in [-0.25, -0.2) is 0 Å². The fourth-order valence-electron chi connectivity index (χ4n) is 1.38. The van der Waals surface area contributed by atoms with E-state index in [-0.39, 0.29) is 24.1 Å². The summed E-state index contributed by atoms with van der Waals surface area (Å²) in [4.78, 5) is 10.00. The quantitative estimate of drug-likeness (QED) is 0.657. The van der Waals surface area contributed by atoms with Crippen molar-refractivity contribution in [1.82, 2.24) is 0 Å². The van der Waals surface area contributed by atoms with Crippen LogP contribution in [0.5, 0.6) is 0 Å². The van der Waals surface area contributed by atoms with Crippen molar-refractivity contribution in [2.24, 2.45) is 5.73 Å². The predicted molar refractivity (Wildman–Crippen MR) is 55.4 cm³/mol. The van der Waals surface area contributed by atoms with E-state index in [0.29, 0.717) is 0 Å². The minimum Gasteiger partial charge on any atom is -0.320 e. The second-order valence-corrected chi connectivity index (χ2v) is 3.57. The zero-order valence-corrected chi connectivity index (χ0v) is 8.78. The van der Waals surface area contributed by atoms with Gasteiger partial charge in [-0.15, -0.1) is 0 Å². The molecule has 1 aromatic carbocycles. The Labute approximate surface area is 95.4 Å². The summed E-state index contributed by atoms with van der Waals surface area (Å²) in [5.41, 5.74) is 5.01. The molecule has 0 amide bonds. The van der Waals surface area contributed by atoms with E-state index < -0.39 is 17.1 Å². The summed E-state index contributed by atoms with van der Waals surface area (Å²) in [5.74, 6) is 0. The Morgan fingerprint density at radius 2 is 1.94 bits per heavy atom. The van der Waals surface area contributed by atoms with Crippen LogP contribution in [0.4, 0.5) is 18.9 Å². The topological polar surface area (TPSA) is 69.2 Å². The van der Waals surface area contributed by atoms with Gasteiger partial charge in [-0.05, 0) is 12.8 Å². The third-order valence-corrected chi connectivity index (χ3v) is 2.33. The molecule has 0 aliphatic heterocycles. The maximum atomic E-state index is 12.2. The van der Waals surface area contributed by atoms with Crippen LogP contribution in [0.25, 0.3) is 0 Å². The van der Waals surface area contributed by atoms with Gasteiger partial charge in [-0.2, -0.15) is 13.2 Å². The second-order valence-electron chi connectivity index (χ2n) is 3.57. The Balaban J connectivity index is 2.73. The van der Waals surface area contributed by atoms with Crippen LogP contribution in [0.2, 0.25) is 0 Å². The fraction of sp³-hybridized carbons (Fsp3) is 0.400. The lowest BCUT2D eigenvalue weighted by atomic mass is 10.0. The van der Waals surface area contributed by atoms with Crippen LogP contribution in [0.15, 0.2) is 24.3 Å². The van der Waals surface area contributed by atoms with Crippen LogP contribution in [-0.2, 0) is 6.42 Å². The van der Waals surface area contributed by atoms with Gasteiger partial charge in [0.15, 0.2) is 0 Å². The first-order valence-electron chi connectivity index (χ1n) is 4.87. The van der Waals surface area contributed by atoms with Crippen LogP contribution in [-0.4, -0.2) is 17.1 Å². The standard InChI is InChI=1S/C10H11F3N2O2/c11-10(12,13)9(14)6-5-7-3-1-2-4-8(7)15(16)17/h1-4,9H,5-6,14H2/t9-/m0/s1. The molecule has 0 saturated carbocycles. The van der Waals surface area contributed by atoms with Gasteiger partial charge in [0.25, 0.3) is 5.69 Å². The van der Waals surface area contributed by atoms with Gasteiger partial charge in [0.1, 0.15) is 6.04 Å². The first-order valence-corrected chi connectivity index (χ1v) is 4.87. The number of aryl methyl sites for hydroxylation is 1. The van der Waals surface area contributed by atoms with Crippen LogP contribution >= 0.6 is 0 Å². The number of nitrogens with zero attached hydrogens (tertiary/aromatic N) is 1. The largest absolute Gasteiger partial charge is 0.403 e. The maximum absolute atomic E-state index is 12.2. The Kier molecular flexibility index (Phi) is 4.06. The van der Waals surface area contributed by atoms with Gasteiger partial charge in [0.2, 0.25) is 0 Å². The predicted octanol–water partition coefficient (Wildman–Crippen LogP) is 2.42. The van der Waals surface area contributed by atoms with Crippen molar-refractivity contribution >= 4 is 5.69 Å². The highest BCUT2D eigenvalue weighted by molar-refractivity contribution is 5.39. The fourth-order valence-corrected chi connectivity index (χ4v) is 1.38. The van der Waals surface area contributed by atoms with E-state index in [1.165, 1.54) is 18.2 Å². The summed E-state index contributed by atoms with van der Waals surface area (Å²) in [6.45, 7) is 0. The monoisotopic (exact) mass is 248 g/mol. The highest BCUT2D eigenvalue weighted by Gasteiger charge is 2.36. The van der Waals surface area contributed by atoms with Crippen molar-refractivity contribution in [3.8, 4) is 0 Å². The molecule has 17 heavy (non-hydrogen) atoms. The molecule has 0 aliphatic carbocycles. The number of para-hydroxylation sites is 1. The average molecular weight is 248 g/mol. The molecule has 4 nitrogen and oxygen atoms in total. The summed E-state index contributed by atoms with van der Waals surface area (Å²) in [6, 6.07) is 3.74. The van der Waals surface area contributed by atoms with Gasteiger partial charge in [-0.1, -0.05) is 18.2 Å². The maximum Gasteiger partial charge on any atom is 0.403 e. The lowest BCUT2D eigenvalue weighted by Crippen LogP contribution is -2.37. The summed E-state index contributed by atoms with van der Waals surface area (Å²) < 4.78 is 36.5. The Bertz CT molecular complexity index is 407. The SMILES string of the molecule is N[C@@H](CCc1ccccc1[N+](=O)[O-])C(F)(F)F. The molecule has 0 saturated heterocycles. The first-order chi connectivity index (χ1) is 7.82. The molecule has 1 atom stereocenters. The molecule has 2 N–H and O–H groups in total. The van der Waals surface area contributed by atoms with Crippen LogP contribution in [0.3, 0.4) is 0 Å². The van der Waals surface area contributed by atoms with E-state index in [0.717, 1.165) is 0 Å². The van der Waals surface area contributed by atoms with Crippen molar-refractivity contribution in [3.63, 3.8) is 0 Å². The zero-order valence-electron chi connectivity index (χ0n) is 8.78. The molecule has 0 aromatic heterocycles. The van der Waals surface area contributed by atoms with Crippen LogP contribution in [0.1, 0.15) is 12.0 Å². The Hall–Kier alpha value is -1.63. The van der Waals surface area contributed by atoms with E-state index >= 15 is 0 Å². The third kappa shape index (κ3) is 3.70. The highest BCUT2D eigenvalue weighted by Crippen LogP contribution is 2.24. The summed E-state index contributed by atoms with van der Waals surface area (Å²) in [6.07, 6.45) is -4.91. The molecule has 0 radical (unpaired) electrons. The van der Waals surface area contributed by atoms with Crippen molar-refractivity contribution in [1.29, 1.82) is 0 Å². The average Bonchev–Trinajstić information content (AvgIpc) is 2.24. The Morgan fingerprint density at radius 1 is 1.35 bits per heavy atom. The number of rotatable bonds is 4. The van der Waals surface area contributed by atoms with Crippen LogP contribution < -0.4 is 5.73 Å². The van der Waals surface area contributed by atoms with E-state index in [1.807, 2.05) is 0 Å². The summed E-state index contributed by atoms with van der Waals surface area (Å²) in [7, 11) is 0. The first kappa shape index (κ1) is 13.4. The van der Waals surface area contributed by atoms with Crippen molar-refractivity contribution in [2.75, 3.05) is 0 Å². The van der Waals surface area contributed by atoms with Gasteiger partial charge in [0.05, 0.1) is 4.92 Å². The van der Waals surface area contributed by atoms with E-state index in [9.17, 15) is 23.3 Å². The van der Waals surface area contributed by atoms with Crippen molar-refractivity contribution in [2.45, 2.75) is 25.1 Å². The van der Waals surface area contributed by atoms with Crippen LogP contribution in [0, 0.1) is 10.1 Å². The molecule has 0 aliphatic rings. The molecule has 0 bridgehead atoms. The summed E-state index contributed by atoms with van der Waals surface area (Å²) in [5, 5.41) is 10.6. The zero-order chi connectivity index (χ0) is 13.1. The number of nitro benzene ring substituents is 1. The molecule has 7 heteroatoms.